The molecule has 2 aromatic rings. The molecule has 3 saturated heterocycles. The Morgan fingerprint density at radius 3 is 2.31 bits per heavy atom. The first kappa shape index (κ1) is 20.4. The lowest BCUT2D eigenvalue weighted by Gasteiger charge is -2.47. The first-order chi connectivity index (χ1) is 15.2. The number of aryl methyl sites for hydroxylation is 1. The summed E-state index contributed by atoms with van der Waals surface area (Å²) >= 11 is 0. The van der Waals surface area contributed by atoms with Crippen molar-refractivity contribution in [3.63, 3.8) is 0 Å². The predicted octanol–water partition coefficient (Wildman–Crippen LogP) is 1.85. The Kier molecular flexibility index (Phi) is 4.48. The molecule has 7 nitrogen and oxygen atoms in total. The molecule has 3 fully saturated rings. The Morgan fingerprint density at radius 2 is 1.66 bits per heavy atom. The van der Waals surface area contributed by atoms with Gasteiger partial charge in [0.1, 0.15) is 5.54 Å². The van der Waals surface area contributed by atoms with E-state index in [1.807, 2.05) is 49.4 Å². The van der Waals surface area contributed by atoms with Crippen molar-refractivity contribution in [2.24, 2.45) is 11.8 Å². The molecule has 164 valence electrons. The van der Waals surface area contributed by atoms with Crippen LogP contribution >= 0.6 is 0 Å². The number of imide groups is 1. The quantitative estimate of drug-likeness (QED) is 0.695. The molecule has 2 bridgehead atoms. The summed E-state index contributed by atoms with van der Waals surface area (Å²) in [5.41, 5.74) is 0.914. The average molecular weight is 431 g/mol. The lowest BCUT2D eigenvalue weighted by Crippen LogP contribution is -2.67. The van der Waals surface area contributed by atoms with Gasteiger partial charge in [0, 0.05) is 19.2 Å². The Hall–Kier alpha value is -3.48. The summed E-state index contributed by atoms with van der Waals surface area (Å²) in [6, 6.07) is 15.9. The van der Waals surface area contributed by atoms with Crippen molar-refractivity contribution >= 4 is 23.6 Å². The van der Waals surface area contributed by atoms with Gasteiger partial charge in [-0.1, -0.05) is 48.0 Å². The molecule has 5 rings (SSSR count). The van der Waals surface area contributed by atoms with Crippen LogP contribution in [0.3, 0.4) is 0 Å². The first-order valence-electron chi connectivity index (χ1n) is 10.8. The van der Waals surface area contributed by atoms with Crippen LogP contribution in [0.5, 0.6) is 0 Å². The van der Waals surface area contributed by atoms with Crippen molar-refractivity contribution in [2.75, 3.05) is 13.6 Å². The van der Waals surface area contributed by atoms with Crippen LogP contribution in [0.1, 0.15) is 28.4 Å². The monoisotopic (exact) mass is 431 g/mol. The lowest BCUT2D eigenvalue weighted by molar-refractivity contribution is -0.154. The van der Waals surface area contributed by atoms with Crippen molar-refractivity contribution in [3.05, 3.63) is 71.3 Å². The molecule has 7 heteroatoms. The fraction of sp³-hybridized carbons (Fsp3) is 0.360. The maximum atomic E-state index is 13.6. The minimum atomic E-state index is -1.40. The van der Waals surface area contributed by atoms with Crippen molar-refractivity contribution in [2.45, 2.75) is 32.0 Å². The second-order valence-electron chi connectivity index (χ2n) is 9.19. The highest BCUT2D eigenvalue weighted by Gasteiger charge is 2.73. The molecule has 0 aliphatic carbocycles. The molecular formula is C25H25N3O4. The number of carbonyl (C=O) groups is 4. The van der Waals surface area contributed by atoms with E-state index < -0.39 is 23.4 Å². The van der Waals surface area contributed by atoms with Gasteiger partial charge in [-0.25, -0.2) is 0 Å². The van der Waals surface area contributed by atoms with Gasteiger partial charge in [0.05, 0.1) is 24.4 Å². The Balaban J connectivity index is 1.55. The topological polar surface area (TPSA) is 78.0 Å². The molecule has 3 aliphatic heterocycles. The largest absolute Gasteiger partial charge is 0.342 e. The summed E-state index contributed by atoms with van der Waals surface area (Å²) in [6.45, 7) is 3.98. The zero-order valence-electron chi connectivity index (χ0n) is 18.3. The normalized spacial score (nSPS) is 29.0. The van der Waals surface area contributed by atoms with E-state index in [0.29, 0.717) is 5.56 Å². The fourth-order valence-corrected chi connectivity index (χ4v) is 5.68. The van der Waals surface area contributed by atoms with Gasteiger partial charge in [-0.05, 0) is 31.5 Å². The summed E-state index contributed by atoms with van der Waals surface area (Å²) < 4.78 is 0. The van der Waals surface area contributed by atoms with Gasteiger partial charge in [-0.15, -0.1) is 0 Å². The maximum absolute atomic E-state index is 13.6. The molecule has 0 aromatic heterocycles. The van der Waals surface area contributed by atoms with Crippen LogP contribution in [0.4, 0.5) is 0 Å². The second-order valence-corrected chi connectivity index (χ2v) is 9.19. The lowest BCUT2D eigenvalue weighted by atomic mass is 9.81. The van der Waals surface area contributed by atoms with E-state index in [0.717, 1.165) is 11.1 Å². The van der Waals surface area contributed by atoms with E-state index in [9.17, 15) is 19.2 Å². The SMILES string of the molecule is Cc1ccc(C(=O)N2C3CN(C)C(=O)[C@@]2(C)C2C(=O)N(Cc4ccccc4)C(=O)C32)cc1. The number of hydrogen-bond acceptors (Lipinski definition) is 4. The molecule has 3 unspecified atom stereocenters. The summed E-state index contributed by atoms with van der Waals surface area (Å²) in [4.78, 5) is 58.3. The number of likely N-dealkylation sites (N-methyl/N-ethyl adjacent to an activating group) is 1. The number of rotatable bonds is 3. The smallest absolute Gasteiger partial charge is 0.255 e. The first-order valence-corrected chi connectivity index (χ1v) is 10.8. The molecule has 2 aromatic carbocycles. The molecule has 3 aliphatic rings. The summed E-state index contributed by atoms with van der Waals surface area (Å²) in [6.07, 6.45) is 0. The summed E-state index contributed by atoms with van der Waals surface area (Å²) in [5.74, 6) is -2.90. The van der Waals surface area contributed by atoms with Crippen molar-refractivity contribution in [1.29, 1.82) is 0 Å². The summed E-state index contributed by atoms with van der Waals surface area (Å²) in [7, 11) is 1.67. The number of piperazine rings is 1. The van der Waals surface area contributed by atoms with Crippen LogP contribution in [0.2, 0.25) is 0 Å². The zero-order chi connectivity index (χ0) is 22.8. The van der Waals surface area contributed by atoms with Gasteiger partial charge in [0.25, 0.3) is 5.91 Å². The van der Waals surface area contributed by atoms with E-state index >= 15 is 0 Å². The highest BCUT2D eigenvalue weighted by atomic mass is 16.2. The van der Waals surface area contributed by atoms with E-state index in [1.165, 1.54) is 9.80 Å². The molecule has 0 N–H and O–H groups in total. The van der Waals surface area contributed by atoms with Gasteiger partial charge in [0.15, 0.2) is 0 Å². The van der Waals surface area contributed by atoms with Crippen molar-refractivity contribution < 1.29 is 19.2 Å². The number of amides is 4. The summed E-state index contributed by atoms with van der Waals surface area (Å²) in [5, 5.41) is 0. The van der Waals surface area contributed by atoms with E-state index in [-0.39, 0.29) is 36.7 Å². The Bertz CT molecular complexity index is 1130. The van der Waals surface area contributed by atoms with Gasteiger partial charge in [-0.2, -0.15) is 0 Å². The van der Waals surface area contributed by atoms with Gasteiger partial charge >= 0.3 is 0 Å². The molecular weight excluding hydrogens is 406 g/mol. The maximum Gasteiger partial charge on any atom is 0.255 e. The van der Waals surface area contributed by atoms with Crippen molar-refractivity contribution in [1.82, 2.24) is 14.7 Å². The predicted molar refractivity (Wildman–Crippen MR) is 116 cm³/mol. The number of likely N-dealkylation sites (tertiary alicyclic amines) is 2. The second kappa shape index (κ2) is 7.02. The number of fused-ring (bicyclic) bond motifs is 5. The number of benzene rings is 2. The third-order valence-electron chi connectivity index (χ3n) is 7.24. The van der Waals surface area contributed by atoms with E-state index in [4.69, 9.17) is 0 Å². The van der Waals surface area contributed by atoms with Crippen LogP contribution in [-0.4, -0.2) is 63.5 Å². The van der Waals surface area contributed by atoms with E-state index in [1.54, 1.807) is 31.0 Å². The highest BCUT2D eigenvalue weighted by Crippen LogP contribution is 2.52. The van der Waals surface area contributed by atoms with Crippen LogP contribution in [-0.2, 0) is 20.9 Å². The average Bonchev–Trinajstić information content (AvgIpc) is 3.16. The molecule has 0 saturated carbocycles. The Morgan fingerprint density at radius 1 is 1.00 bits per heavy atom. The van der Waals surface area contributed by atoms with Crippen LogP contribution in [0.15, 0.2) is 54.6 Å². The molecule has 3 heterocycles. The third kappa shape index (κ3) is 2.66. The van der Waals surface area contributed by atoms with Crippen LogP contribution in [0, 0.1) is 18.8 Å². The number of hydrogen-bond donors (Lipinski definition) is 0. The highest BCUT2D eigenvalue weighted by molar-refractivity contribution is 6.13. The zero-order valence-corrected chi connectivity index (χ0v) is 18.3. The molecule has 4 amide bonds. The van der Waals surface area contributed by atoms with Gasteiger partial charge < -0.3 is 9.80 Å². The molecule has 32 heavy (non-hydrogen) atoms. The van der Waals surface area contributed by atoms with Crippen LogP contribution < -0.4 is 0 Å². The molecule has 4 atom stereocenters. The van der Waals surface area contributed by atoms with Crippen LogP contribution in [0.25, 0.3) is 0 Å². The number of nitrogens with zero attached hydrogens (tertiary/aromatic N) is 3. The Labute approximate surface area is 186 Å². The van der Waals surface area contributed by atoms with Crippen molar-refractivity contribution in [3.8, 4) is 0 Å². The molecule has 0 spiro atoms. The fourth-order valence-electron chi connectivity index (χ4n) is 5.68. The third-order valence-corrected chi connectivity index (χ3v) is 7.24. The number of carbonyl (C=O) groups excluding carboxylic acids is 4. The minimum Gasteiger partial charge on any atom is -0.342 e. The minimum absolute atomic E-state index is 0.171. The van der Waals surface area contributed by atoms with E-state index in [2.05, 4.69) is 0 Å². The van der Waals surface area contributed by atoms with Gasteiger partial charge in [0.2, 0.25) is 17.7 Å². The van der Waals surface area contributed by atoms with Gasteiger partial charge in [-0.3, -0.25) is 24.1 Å². The molecule has 0 radical (unpaired) electrons. The standard InChI is InChI=1S/C25H25N3O4/c1-15-9-11-17(12-10-15)21(29)28-18-14-26(3)24(32)25(28,2)20-19(18)22(30)27(23(20)31)13-16-7-5-4-6-8-16/h4-12,18-20H,13-14H2,1-3H3/t18?,19?,20?,25-/m1/s1.